The molecule has 0 saturated carbocycles. The molecule has 6 nitrogen and oxygen atoms in total. The van der Waals surface area contributed by atoms with Gasteiger partial charge >= 0.3 is 5.97 Å². The number of amides is 2. The molecule has 0 aromatic heterocycles. The van der Waals surface area contributed by atoms with Gasteiger partial charge in [-0.3, -0.25) is 14.4 Å². The zero-order chi connectivity index (χ0) is 15.2. The molecule has 1 fully saturated rings. The molecule has 1 aliphatic rings. The number of primary amides is 1. The normalized spacial score (nSPS) is 17.8. The number of nitrogens with zero attached hydrogens (tertiary/aromatic N) is 1. The highest BCUT2D eigenvalue weighted by molar-refractivity contribution is 7.99. The Hall–Kier alpha value is -1.24. The molecule has 1 aliphatic heterocycles. The molecule has 0 atom stereocenters. The molecular formula is C13H22N2O4S. The highest BCUT2D eigenvalue weighted by Crippen LogP contribution is 2.35. The van der Waals surface area contributed by atoms with Crippen LogP contribution in [0, 0.1) is 5.41 Å². The lowest BCUT2D eigenvalue weighted by Gasteiger charge is -2.38. The van der Waals surface area contributed by atoms with Crippen LogP contribution in [0.2, 0.25) is 0 Å². The molecule has 0 aliphatic carbocycles. The molecule has 0 aromatic rings. The van der Waals surface area contributed by atoms with Crippen molar-refractivity contribution in [3.8, 4) is 0 Å². The Bertz CT molecular complexity index is 379. The van der Waals surface area contributed by atoms with Gasteiger partial charge in [-0.25, -0.2) is 0 Å². The van der Waals surface area contributed by atoms with Gasteiger partial charge in [-0.05, 0) is 19.3 Å². The summed E-state index contributed by atoms with van der Waals surface area (Å²) in [6, 6.07) is 0. The number of piperidine rings is 1. The van der Waals surface area contributed by atoms with Gasteiger partial charge in [0.1, 0.15) is 0 Å². The van der Waals surface area contributed by atoms with Crippen LogP contribution < -0.4 is 5.73 Å². The summed E-state index contributed by atoms with van der Waals surface area (Å²) in [5, 5.41) is 9.29. The number of carbonyl (C=O) groups excluding carboxylic acids is 2. The molecule has 114 valence electrons. The summed E-state index contributed by atoms with van der Waals surface area (Å²) in [6.45, 7) is 2.88. The van der Waals surface area contributed by atoms with Crippen molar-refractivity contribution in [2.45, 2.75) is 32.6 Å². The van der Waals surface area contributed by atoms with Crippen LogP contribution in [0.15, 0.2) is 0 Å². The van der Waals surface area contributed by atoms with Gasteiger partial charge in [0, 0.05) is 25.3 Å². The van der Waals surface area contributed by atoms with Crippen molar-refractivity contribution in [3.05, 3.63) is 0 Å². The smallest absolute Gasteiger partial charge is 0.309 e. The number of hydrogen-bond acceptors (Lipinski definition) is 4. The summed E-state index contributed by atoms with van der Waals surface area (Å²) in [4.78, 5) is 35.6. The fourth-order valence-electron chi connectivity index (χ4n) is 2.39. The van der Waals surface area contributed by atoms with E-state index in [2.05, 4.69) is 0 Å². The van der Waals surface area contributed by atoms with Gasteiger partial charge in [0.2, 0.25) is 11.8 Å². The van der Waals surface area contributed by atoms with Crippen molar-refractivity contribution in [2.75, 3.05) is 24.6 Å². The van der Waals surface area contributed by atoms with E-state index in [0.29, 0.717) is 44.5 Å². The van der Waals surface area contributed by atoms with E-state index in [-0.39, 0.29) is 17.6 Å². The molecule has 0 aromatic carbocycles. The van der Waals surface area contributed by atoms with Gasteiger partial charge in [0.05, 0.1) is 11.2 Å². The number of rotatable bonds is 7. The Morgan fingerprint density at radius 2 is 1.90 bits per heavy atom. The van der Waals surface area contributed by atoms with Crippen molar-refractivity contribution in [3.63, 3.8) is 0 Å². The Morgan fingerprint density at radius 3 is 2.35 bits per heavy atom. The van der Waals surface area contributed by atoms with Crippen LogP contribution in [-0.4, -0.2) is 52.4 Å². The lowest BCUT2D eigenvalue weighted by Crippen LogP contribution is -2.46. The number of nitrogens with two attached hydrogens (primary N) is 1. The monoisotopic (exact) mass is 302 g/mol. The maximum Gasteiger partial charge on any atom is 0.309 e. The third-order valence-corrected chi connectivity index (χ3v) is 4.89. The summed E-state index contributed by atoms with van der Waals surface area (Å²) in [7, 11) is 0. The van der Waals surface area contributed by atoms with E-state index in [1.807, 2.05) is 6.92 Å². The van der Waals surface area contributed by atoms with Crippen molar-refractivity contribution in [2.24, 2.45) is 11.1 Å². The quantitative estimate of drug-likeness (QED) is 0.674. The Morgan fingerprint density at radius 1 is 1.30 bits per heavy atom. The maximum absolute atomic E-state index is 12.0. The van der Waals surface area contributed by atoms with Crippen molar-refractivity contribution >= 4 is 29.5 Å². The van der Waals surface area contributed by atoms with E-state index in [1.54, 1.807) is 4.90 Å². The van der Waals surface area contributed by atoms with Gasteiger partial charge in [0.15, 0.2) is 0 Å². The second-order valence-electron chi connectivity index (χ2n) is 5.09. The minimum atomic E-state index is -0.760. The van der Waals surface area contributed by atoms with E-state index in [9.17, 15) is 19.5 Å². The molecule has 0 radical (unpaired) electrons. The van der Waals surface area contributed by atoms with E-state index >= 15 is 0 Å². The number of thioether (sulfide) groups is 1. The Balaban J connectivity index is 2.35. The predicted octanol–water partition coefficient (Wildman–Crippen LogP) is 0.698. The van der Waals surface area contributed by atoms with E-state index < -0.39 is 11.4 Å². The first kappa shape index (κ1) is 16.8. The second kappa shape index (κ2) is 7.52. The van der Waals surface area contributed by atoms with Gasteiger partial charge in [-0.1, -0.05) is 6.92 Å². The van der Waals surface area contributed by atoms with E-state index in [4.69, 9.17) is 5.73 Å². The van der Waals surface area contributed by atoms with Crippen molar-refractivity contribution < 1.29 is 19.5 Å². The van der Waals surface area contributed by atoms with Crippen LogP contribution in [0.25, 0.3) is 0 Å². The third kappa shape index (κ3) is 4.40. The number of carboxylic acid groups (broad SMARTS) is 1. The fraction of sp³-hybridized carbons (Fsp3) is 0.769. The maximum atomic E-state index is 12.0. The number of likely N-dealkylation sites (tertiary alicyclic amines) is 1. The third-order valence-electron chi connectivity index (χ3n) is 3.91. The predicted molar refractivity (Wildman–Crippen MR) is 77.3 cm³/mol. The molecule has 0 unspecified atom stereocenters. The number of carboxylic acids is 1. The lowest BCUT2D eigenvalue weighted by atomic mass is 9.76. The standard InChI is InChI=1S/C13H22N2O4S/c1-2-13(12(18)19)4-6-15(7-5-13)11(17)3-8-20-9-10(14)16/h2-9H2,1H3,(H2,14,16)(H,18,19). The molecule has 1 rings (SSSR count). The molecule has 1 saturated heterocycles. The highest BCUT2D eigenvalue weighted by atomic mass is 32.2. The average Bonchev–Trinajstić information content (AvgIpc) is 2.43. The van der Waals surface area contributed by atoms with Gasteiger partial charge in [0.25, 0.3) is 0 Å². The minimum Gasteiger partial charge on any atom is -0.481 e. The number of hydrogen-bond donors (Lipinski definition) is 2. The molecule has 7 heteroatoms. The van der Waals surface area contributed by atoms with Crippen molar-refractivity contribution in [1.82, 2.24) is 4.90 Å². The Labute approximate surface area is 123 Å². The van der Waals surface area contributed by atoms with Gasteiger partial charge in [-0.15, -0.1) is 0 Å². The number of carbonyl (C=O) groups is 3. The molecule has 0 bridgehead atoms. The topological polar surface area (TPSA) is 101 Å². The molecule has 20 heavy (non-hydrogen) atoms. The van der Waals surface area contributed by atoms with Crippen LogP contribution in [-0.2, 0) is 14.4 Å². The molecular weight excluding hydrogens is 280 g/mol. The van der Waals surface area contributed by atoms with Crippen LogP contribution in [0.5, 0.6) is 0 Å². The molecule has 3 N–H and O–H groups in total. The minimum absolute atomic E-state index is 0.0251. The van der Waals surface area contributed by atoms with Crippen LogP contribution in [0.4, 0.5) is 0 Å². The lowest BCUT2D eigenvalue weighted by molar-refractivity contribution is -0.154. The first-order chi connectivity index (χ1) is 9.41. The Kier molecular flexibility index (Phi) is 6.32. The number of aliphatic carboxylic acids is 1. The second-order valence-corrected chi connectivity index (χ2v) is 6.19. The first-order valence-corrected chi connectivity index (χ1v) is 7.94. The first-order valence-electron chi connectivity index (χ1n) is 6.78. The van der Waals surface area contributed by atoms with Crippen LogP contribution >= 0.6 is 11.8 Å². The zero-order valence-corrected chi connectivity index (χ0v) is 12.6. The largest absolute Gasteiger partial charge is 0.481 e. The SMILES string of the molecule is CCC1(C(=O)O)CCN(C(=O)CCSCC(N)=O)CC1. The summed E-state index contributed by atoms with van der Waals surface area (Å²) >= 11 is 1.35. The summed E-state index contributed by atoms with van der Waals surface area (Å²) in [5.74, 6) is -0.322. The highest BCUT2D eigenvalue weighted by Gasteiger charge is 2.40. The van der Waals surface area contributed by atoms with Gasteiger partial charge < -0.3 is 15.7 Å². The van der Waals surface area contributed by atoms with Crippen LogP contribution in [0.3, 0.4) is 0 Å². The van der Waals surface area contributed by atoms with E-state index in [0.717, 1.165) is 0 Å². The zero-order valence-electron chi connectivity index (χ0n) is 11.8. The summed E-state index contributed by atoms with van der Waals surface area (Å²) < 4.78 is 0. The summed E-state index contributed by atoms with van der Waals surface area (Å²) in [5.41, 5.74) is 4.35. The molecule has 2 amide bonds. The summed E-state index contributed by atoms with van der Waals surface area (Å²) in [6.07, 6.45) is 1.99. The van der Waals surface area contributed by atoms with Crippen molar-refractivity contribution in [1.29, 1.82) is 0 Å². The molecule has 1 heterocycles. The fourth-order valence-corrected chi connectivity index (χ4v) is 3.06. The van der Waals surface area contributed by atoms with Gasteiger partial charge in [-0.2, -0.15) is 11.8 Å². The average molecular weight is 302 g/mol. The van der Waals surface area contributed by atoms with E-state index in [1.165, 1.54) is 11.8 Å². The van der Waals surface area contributed by atoms with Crippen LogP contribution in [0.1, 0.15) is 32.6 Å². The molecule has 0 spiro atoms.